The van der Waals surface area contributed by atoms with Crippen molar-refractivity contribution in [2.45, 2.75) is 32.2 Å². The van der Waals surface area contributed by atoms with Crippen molar-refractivity contribution in [1.29, 1.82) is 0 Å². The van der Waals surface area contributed by atoms with Crippen LogP contribution in [0.1, 0.15) is 23.4 Å². The number of anilines is 1. The maximum atomic E-state index is 12.7. The molecular formula is C21H24ClN7O2. The summed E-state index contributed by atoms with van der Waals surface area (Å²) in [5.41, 5.74) is 2.87. The van der Waals surface area contributed by atoms with E-state index in [9.17, 15) is 9.59 Å². The number of carbonyl (C=O) groups excluding carboxylic acids is 1. The number of hydrogen-bond acceptors (Lipinski definition) is 6. The van der Waals surface area contributed by atoms with Gasteiger partial charge in [0.1, 0.15) is 11.7 Å². The molecule has 10 heteroatoms. The molecule has 1 aliphatic rings. The smallest absolute Gasteiger partial charge is 0.294 e. The molecule has 0 saturated heterocycles. The minimum atomic E-state index is -0.427. The predicted octanol–water partition coefficient (Wildman–Crippen LogP) is 1.59. The number of amides is 1. The first-order valence-corrected chi connectivity index (χ1v) is 10.6. The highest BCUT2D eigenvalue weighted by atomic mass is 35.5. The summed E-state index contributed by atoms with van der Waals surface area (Å²) in [5, 5.41) is 13.1. The van der Waals surface area contributed by atoms with E-state index in [4.69, 9.17) is 11.6 Å². The van der Waals surface area contributed by atoms with Crippen LogP contribution in [0.5, 0.6) is 0 Å². The Hall–Kier alpha value is -3.20. The Labute approximate surface area is 184 Å². The summed E-state index contributed by atoms with van der Waals surface area (Å²) in [6.07, 6.45) is 8.39. The number of carbonyl (C=O) groups is 1. The topological polar surface area (TPSA) is 118 Å². The van der Waals surface area contributed by atoms with Crippen LogP contribution >= 0.6 is 11.6 Å². The molecule has 3 aromatic rings. The molecule has 4 rings (SSSR count). The van der Waals surface area contributed by atoms with Gasteiger partial charge in [-0.1, -0.05) is 17.7 Å². The van der Waals surface area contributed by atoms with Crippen LogP contribution in [-0.2, 0) is 30.6 Å². The van der Waals surface area contributed by atoms with Crippen molar-refractivity contribution in [2.75, 3.05) is 18.4 Å². The van der Waals surface area contributed by atoms with Crippen LogP contribution in [0.15, 0.2) is 41.6 Å². The van der Waals surface area contributed by atoms with E-state index in [0.717, 1.165) is 25.0 Å². The molecule has 0 aliphatic heterocycles. The first-order chi connectivity index (χ1) is 15.1. The molecule has 3 aromatic heterocycles. The van der Waals surface area contributed by atoms with Crippen LogP contribution in [0.3, 0.4) is 0 Å². The van der Waals surface area contributed by atoms with Gasteiger partial charge in [-0.25, -0.2) is 4.98 Å². The van der Waals surface area contributed by atoms with Gasteiger partial charge in [-0.3, -0.25) is 24.2 Å². The van der Waals surface area contributed by atoms with Crippen molar-refractivity contribution >= 4 is 23.3 Å². The lowest BCUT2D eigenvalue weighted by atomic mass is 9.88. The average molecular weight is 442 g/mol. The van der Waals surface area contributed by atoms with Crippen molar-refractivity contribution in [3.63, 3.8) is 0 Å². The maximum Gasteiger partial charge on any atom is 0.294 e. The van der Waals surface area contributed by atoms with Crippen molar-refractivity contribution < 1.29 is 4.79 Å². The van der Waals surface area contributed by atoms with Crippen molar-refractivity contribution in [3.05, 3.63) is 69.2 Å². The van der Waals surface area contributed by atoms with Crippen LogP contribution in [0.25, 0.3) is 0 Å². The first-order valence-electron chi connectivity index (χ1n) is 10.3. The Kier molecular flexibility index (Phi) is 6.61. The second-order valence-electron chi connectivity index (χ2n) is 7.61. The van der Waals surface area contributed by atoms with Gasteiger partial charge in [0.2, 0.25) is 5.91 Å². The SMILES string of the molecule is O=C(Cn1c(Cl)cnc(NCCc2ccccn2)c1=O)NCC1CCc2[nH]ncc2C1. The fourth-order valence-electron chi connectivity index (χ4n) is 3.71. The minimum absolute atomic E-state index is 0.121. The van der Waals surface area contributed by atoms with Gasteiger partial charge < -0.3 is 10.6 Å². The van der Waals surface area contributed by atoms with Crippen LogP contribution in [0.2, 0.25) is 5.15 Å². The summed E-state index contributed by atoms with van der Waals surface area (Å²) in [4.78, 5) is 33.5. The Bertz CT molecular complexity index is 1100. The predicted molar refractivity (Wildman–Crippen MR) is 117 cm³/mol. The van der Waals surface area contributed by atoms with E-state index in [1.165, 1.54) is 22.0 Å². The third-order valence-corrected chi connectivity index (χ3v) is 5.72. The summed E-state index contributed by atoms with van der Waals surface area (Å²) in [6, 6.07) is 5.68. The molecule has 1 unspecified atom stereocenters. The third-order valence-electron chi connectivity index (χ3n) is 5.41. The number of aromatic amines is 1. The lowest BCUT2D eigenvalue weighted by Crippen LogP contribution is -2.37. The van der Waals surface area contributed by atoms with Gasteiger partial charge in [-0.2, -0.15) is 5.10 Å². The molecule has 162 valence electrons. The van der Waals surface area contributed by atoms with Gasteiger partial charge in [0.25, 0.3) is 5.56 Å². The van der Waals surface area contributed by atoms with Gasteiger partial charge in [0, 0.05) is 37.1 Å². The highest BCUT2D eigenvalue weighted by Crippen LogP contribution is 2.23. The summed E-state index contributed by atoms with van der Waals surface area (Å²) >= 11 is 6.14. The summed E-state index contributed by atoms with van der Waals surface area (Å²) in [7, 11) is 0. The number of aromatic nitrogens is 5. The summed E-state index contributed by atoms with van der Waals surface area (Å²) in [6.45, 7) is 0.889. The molecular weight excluding hydrogens is 418 g/mol. The minimum Gasteiger partial charge on any atom is -0.365 e. The number of fused-ring (bicyclic) bond motifs is 1. The van der Waals surface area contributed by atoms with E-state index in [1.807, 2.05) is 24.4 Å². The fraction of sp³-hybridized carbons (Fsp3) is 0.381. The highest BCUT2D eigenvalue weighted by molar-refractivity contribution is 6.29. The largest absolute Gasteiger partial charge is 0.365 e. The Morgan fingerprint density at radius 3 is 3.03 bits per heavy atom. The second-order valence-corrected chi connectivity index (χ2v) is 7.99. The van der Waals surface area contributed by atoms with Crippen LogP contribution in [0.4, 0.5) is 5.82 Å². The number of rotatable bonds is 8. The molecule has 3 N–H and O–H groups in total. The number of aryl methyl sites for hydroxylation is 1. The van der Waals surface area contributed by atoms with E-state index >= 15 is 0 Å². The molecule has 0 spiro atoms. The van der Waals surface area contributed by atoms with Crippen molar-refractivity contribution in [3.8, 4) is 0 Å². The second kappa shape index (κ2) is 9.74. The van der Waals surface area contributed by atoms with E-state index in [2.05, 4.69) is 30.8 Å². The van der Waals surface area contributed by atoms with Crippen molar-refractivity contribution in [2.24, 2.45) is 5.92 Å². The van der Waals surface area contributed by atoms with Crippen LogP contribution in [-0.4, -0.2) is 43.7 Å². The molecule has 1 amide bonds. The Morgan fingerprint density at radius 2 is 2.19 bits per heavy atom. The highest BCUT2D eigenvalue weighted by Gasteiger charge is 2.21. The molecule has 0 aromatic carbocycles. The lowest BCUT2D eigenvalue weighted by molar-refractivity contribution is -0.121. The van der Waals surface area contributed by atoms with Gasteiger partial charge in [-0.05, 0) is 42.9 Å². The molecule has 0 bridgehead atoms. The molecule has 1 aliphatic carbocycles. The normalized spacial score (nSPS) is 15.3. The molecule has 0 fully saturated rings. The number of H-pyrrole nitrogens is 1. The zero-order chi connectivity index (χ0) is 21.6. The molecule has 9 nitrogen and oxygen atoms in total. The number of pyridine rings is 1. The van der Waals surface area contributed by atoms with E-state index in [0.29, 0.717) is 25.4 Å². The Morgan fingerprint density at radius 1 is 1.29 bits per heavy atom. The molecule has 3 heterocycles. The fourth-order valence-corrected chi connectivity index (χ4v) is 3.90. The molecule has 31 heavy (non-hydrogen) atoms. The Balaban J connectivity index is 1.31. The molecule has 1 atom stereocenters. The van der Waals surface area contributed by atoms with Crippen LogP contribution < -0.4 is 16.2 Å². The van der Waals surface area contributed by atoms with E-state index < -0.39 is 5.56 Å². The number of halogens is 1. The quantitative estimate of drug-likeness (QED) is 0.488. The number of hydrogen-bond donors (Lipinski definition) is 3. The summed E-state index contributed by atoms with van der Waals surface area (Å²) in [5.74, 6) is 0.253. The molecule has 0 saturated carbocycles. The van der Waals surface area contributed by atoms with Gasteiger partial charge in [0.15, 0.2) is 5.82 Å². The van der Waals surface area contributed by atoms with Crippen molar-refractivity contribution in [1.82, 2.24) is 30.0 Å². The van der Waals surface area contributed by atoms with E-state index in [-0.39, 0.29) is 23.4 Å². The monoisotopic (exact) mass is 441 g/mol. The standard InChI is InChI=1S/C21H24ClN7O2/c22-18-12-26-20(24-8-6-16-3-1-2-7-23-16)21(31)29(18)13-19(30)25-10-14-4-5-17-15(9-14)11-27-28-17/h1-3,7,11-12,14H,4-6,8-10,13H2,(H,24,26)(H,25,30)(H,27,28). The van der Waals surface area contributed by atoms with E-state index in [1.54, 1.807) is 6.20 Å². The van der Waals surface area contributed by atoms with Crippen LogP contribution in [0, 0.1) is 5.92 Å². The maximum absolute atomic E-state index is 12.7. The zero-order valence-electron chi connectivity index (χ0n) is 17.0. The third kappa shape index (κ3) is 5.29. The van der Waals surface area contributed by atoms with Gasteiger partial charge in [0.05, 0.1) is 12.4 Å². The molecule has 0 radical (unpaired) electrons. The van der Waals surface area contributed by atoms with Gasteiger partial charge in [-0.15, -0.1) is 0 Å². The first kappa shape index (κ1) is 21.0. The number of nitrogens with one attached hydrogen (secondary N) is 3. The number of nitrogens with zero attached hydrogens (tertiary/aromatic N) is 4. The lowest BCUT2D eigenvalue weighted by Gasteiger charge is -2.22. The average Bonchev–Trinajstić information content (AvgIpc) is 3.25. The summed E-state index contributed by atoms with van der Waals surface area (Å²) < 4.78 is 1.22. The van der Waals surface area contributed by atoms with Gasteiger partial charge >= 0.3 is 0 Å². The zero-order valence-corrected chi connectivity index (χ0v) is 17.7.